The van der Waals surface area contributed by atoms with Crippen molar-refractivity contribution in [1.82, 2.24) is 10.2 Å². The highest BCUT2D eigenvalue weighted by atomic mass is 35.5. The van der Waals surface area contributed by atoms with Crippen LogP contribution in [0.2, 0.25) is 5.02 Å². The summed E-state index contributed by atoms with van der Waals surface area (Å²) in [6.07, 6.45) is -0.214. The maximum Gasteiger partial charge on any atom is 0.325 e. The molecule has 3 rings (SSSR count). The van der Waals surface area contributed by atoms with E-state index in [1.165, 1.54) is 6.92 Å². The lowest BCUT2D eigenvalue weighted by Gasteiger charge is -2.14. The molecule has 8 nitrogen and oxygen atoms in total. The zero-order valence-electron chi connectivity index (χ0n) is 15.6. The number of rotatable bonds is 6. The van der Waals surface area contributed by atoms with Crippen LogP contribution in [0.15, 0.2) is 48.5 Å². The monoisotopic (exact) mass is 414 g/mol. The van der Waals surface area contributed by atoms with Crippen molar-refractivity contribution in [2.24, 2.45) is 0 Å². The van der Waals surface area contributed by atoms with E-state index in [1.54, 1.807) is 48.5 Å². The Morgan fingerprint density at radius 1 is 1.07 bits per heavy atom. The molecule has 0 radical (unpaired) electrons. The van der Waals surface area contributed by atoms with Crippen LogP contribution in [0.1, 0.15) is 18.9 Å². The first-order valence-electron chi connectivity index (χ1n) is 8.86. The van der Waals surface area contributed by atoms with Crippen molar-refractivity contribution >= 4 is 46.7 Å². The van der Waals surface area contributed by atoms with Gasteiger partial charge in [0.2, 0.25) is 11.8 Å². The van der Waals surface area contributed by atoms with E-state index in [2.05, 4.69) is 16.0 Å². The fourth-order valence-electron chi connectivity index (χ4n) is 2.94. The third-order valence-corrected chi connectivity index (χ3v) is 4.62. The number of hydrogen-bond donors (Lipinski definition) is 3. The third-order valence-electron chi connectivity index (χ3n) is 4.25. The van der Waals surface area contributed by atoms with Gasteiger partial charge < -0.3 is 16.0 Å². The van der Waals surface area contributed by atoms with Crippen LogP contribution in [0, 0.1) is 0 Å². The van der Waals surface area contributed by atoms with Gasteiger partial charge in [0.25, 0.3) is 5.91 Å². The molecule has 1 aliphatic heterocycles. The van der Waals surface area contributed by atoms with Crippen molar-refractivity contribution in [2.75, 3.05) is 10.6 Å². The Hall–Kier alpha value is -3.39. The van der Waals surface area contributed by atoms with Gasteiger partial charge in [-0.3, -0.25) is 19.3 Å². The molecule has 1 fully saturated rings. The molecule has 1 atom stereocenters. The minimum absolute atomic E-state index is 0.0290. The lowest BCUT2D eigenvalue weighted by Crippen LogP contribution is -2.34. The number of amides is 5. The fourth-order valence-corrected chi connectivity index (χ4v) is 3.13. The number of anilines is 2. The van der Waals surface area contributed by atoms with E-state index >= 15 is 0 Å². The standard InChI is InChI=1S/C20H19ClN4O4/c1-12(26)22-14-6-4-7-15(9-14)23-18(27)10-17-19(28)25(20(29)24-17)11-13-5-2-3-8-16(13)21/h2-9,17H,10-11H2,1H3,(H,22,26)(H,23,27)(H,24,29). The maximum atomic E-state index is 12.6. The molecule has 0 bridgehead atoms. The van der Waals surface area contributed by atoms with E-state index in [-0.39, 0.29) is 18.9 Å². The second kappa shape index (κ2) is 8.74. The lowest BCUT2D eigenvalue weighted by atomic mass is 10.1. The largest absolute Gasteiger partial charge is 0.326 e. The van der Waals surface area contributed by atoms with E-state index < -0.39 is 23.9 Å². The quantitative estimate of drug-likeness (QED) is 0.631. The molecule has 0 spiro atoms. The van der Waals surface area contributed by atoms with Crippen LogP contribution < -0.4 is 16.0 Å². The smallest absolute Gasteiger partial charge is 0.325 e. The predicted octanol–water partition coefficient (Wildman–Crippen LogP) is 2.75. The number of hydrogen-bond acceptors (Lipinski definition) is 4. The molecule has 1 heterocycles. The van der Waals surface area contributed by atoms with Gasteiger partial charge >= 0.3 is 6.03 Å². The van der Waals surface area contributed by atoms with Gasteiger partial charge in [-0.25, -0.2) is 4.79 Å². The highest BCUT2D eigenvalue weighted by Crippen LogP contribution is 2.21. The van der Waals surface area contributed by atoms with Gasteiger partial charge in [0.05, 0.1) is 13.0 Å². The van der Waals surface area contributed by atoms with Crippen LogP contribution in [-0.2, 0) is 20.9 Å². The third kappa shape index (κ3) is 5.11. The minimum Gasteiger partial charge on any atom is -0.326 e. The number of halogens is 1. The van der Waals surface area contributed by atoms with Crippen molar-refractivity contribution in [1.29, 1.82) is 0 Å². The van der Waals surface area contributed by atoms with Crippen molar-refractivity contribution < 1.29 is 19.2 Å². The Bertz CT molecular complexity index is 978. The molecule has 5 amide bonds. The zero-order chi connectivity index (χ0) is 21.0. The molecule has 2 aromatic rings. The van der Waals surface area contributed by atoms with Crippen LogP contribution in [-0.4, -0.2) is 34.7 Å². The summed E-state index contributed by atoms with van der Waals surface area (Å²) < 4.78 is 0. The fraction of sp³-hybridized carbons (Fsp3) is 0.200. The molecule has 1 saturated heterocycles. The molecular formula is C20H19ClN4O4. The molecule has 3 N–H and O–H groups in total. The SMILES string of the molecule is CC(=O)Nc1cccc(NC(=O)CC2NC(=O)N(Cc3ccccc3Cl)C2=O)c1. The van der Waals surface area contributed by atoms with Gasteiger partial charge in [0.15, 0.2) is 0 Å². The Labute approximate surface area is 172 Å². The lowest BCUT2D eigenvalue weighted by molar-refractivity contribution is -0.130. The van der Waals surface area contributed by atoms with E-state index in [0.29, 0.717) is 22.0 Å². The zero-order valence-corrected chi connectivity index (χ0v) is 16.3. The van der Waals surface area contributed by atoms with Crippen LogP contribution in [0.5, 0.6) is 0 Å². The van der Waals surface area contributed by atoms with E-state index in [4.69, 9.17) is 11.6 Å². The number of urea groups is 1. The topological polar surface area (TPSA) is 108 Å². The average molecular weight is 415 g/mol. The van der Waals surface area contributed by atoms with Crippen molar-refractivity contribution in [2.45, 2.75) is 25.9 Å². The molecule has 29 heavy (non-hydrogen) atoms. The van der Waals surface area contributed by atoms with E-state index in [1.807, 2.05) is 0 Å². The molecule has 2 aromatic carbocycles. The molecule has 0 aromatic heterocycles. The van der Waals surface area contributed by atoms with Gasteiger partial charge in [-0.05, 0) is 29.8 Å². The van der Waals surface area contributed by atoms with Gasteiger partial charge in [-0.2, -0.15) is 0 Å². The molecule has 0 saturated carbocycles. The molecule has 9 heteroatoms. The van der Waals surface area contributed by atoms with Crippen LogP contribution in [0.3, 0.4) is 0 Å². The minimum atomic E-state index is -0.955. The van der Waals surface area contributed by atoms with Crippen LogP contribution in [0.4, 0.5) is 16.2 Å². The summed E-state index contributed by atoms with van der Waals surface area (Å²) in [6.45, 7) is 1.41. The van der Waals surface area contributed by atoms with Gasteiger partial charge in [-0.1, -0.05) is 35.9 Å². The first kappa shape index (κ1) is 20.3. The second-order valence-electron chi connectivity index (χ2n) is 6.53. The molecule has 150 valence electrons. The number of nitrogens with zero attached hydrogens (tertiary/aromatic N) is 1. The summed E-state index contributed by atoms with van der Waals surface area (Å²) in [7, 11) is 0. The maximum absolute atomic E-state index is 12.6. The number of carbonyl (C=O) groups excluding carboxylic acids is 4. The first-order valence-corrected chi connectivity index (χ1v) is 9.24. The summed E-state index contributed by atoms with van der Waals surface area (Å²) >= 11 is 6.09. The van der Waals surface area contributed by atoms with Crippen LogP contribution in [0.25, 0.3) is 0 Å². The van der Waals surface area contributed by atoms with Crippen molar-refractivity contribution in [3.05, 3.63) is 59.1 Å². The summed E-state index contributed by atoms with van der Waals surface area (Å²) in [5.41, 5.74) is 1.63. The number of nitrogens with one attached hydrogen (secondary N) is 3. The van der Waals surface area contributed by atoms with E-state index in [9.17, 15) is 19.2 Å². The van der Waals surface area contributed by atoms with Crippen LogP contribution >= 0.6 is 11.6 Å². The molecular weight excluding hydrogens is 396 g/mol. The van der Waals surface area contributed by atoms with Gasteiger partial charge in [0.1, 0.15) is 6.04 Å². The van der Waals surface area contributed by atoms with Crippen molar-refractivity contribution in [3.63, 3.8) is 0 Å². The summed E-state index contributed by atoms with van der Waals surface area (Å²) in [5, 5.41) is 8.25. The normalized spacial score (nSPS) is 15.8. The molecule has 1 unspecified atom stereocenters. The van der Waals surface area contributed by atoms with Crippen molar-refractivity contribution in [3.8, 4) is 0 Å². The highest BCUT2D eigenvalue weighted by Gasteiger charge is 2.39. The van der Waals surface area contributed by atoms with Gasteiger partial charge in [-0.15, -0.1) is 0 Å². The predicted molar refractivity (Wildman–Crippen MR) is 108 cm³/mol. The molecule has 1 aliphatic rings. The average Bonchev–Trinajstić information content (AvgIpc) is 2.90. The number of carbonyl (C=O) groups is 4. The molecule has 0 aliphatic carbocycles. The Morgan fingerprint density at radius 3 is 2.45 bits per heavy atom. The highest BCUT2D eigenvalue weighted by molar-refractivity contribution is 6.31. The first-order chi connectivity index (χ1) is 13.8. The summed E-state index contributed by atoms with van der Waals surface area (Å²) in [4.78, 5) is 49.3. The Kier molecular flexibility index (Phi) is 6.13. The summed E-state index contributed by atoms with van der Waals surface area (Å²) in [5.74, 6) is -1.16. The second-order valence-corrected chi connectivity index (χ2v) is 6.94. The Balaban J connectivity index is 1.61. The Morgan fingerprint density at radius 2 is 1.76 bits per heavy atom. The number of imide groups is 1. The van der Waals surface area contributed by atoms with Gasteiger partial charge in [0, 0.05) is 23.3 Å². The van der Waals surface area contributed by atoms with E-state index in [0.717, 1.165) is 4.90 Å². The number of benzene rings is 2. The summed E-state index contributed by atoms with van der Waals surface area (Å²) in [6, 6.07) is 12.0.